The lowest BCUT2D eigenvalue weighted by Gasteiger charge is -2.36. The zero-order valence-electron chi connectivity index (χ0n) is 29.4. The highest BCUT2D eigenvalue weighted by molar-refractivity contribution is 7.99. The summed E-state index contributed by atoms with van der Waals surface area (Å²) >= 11 is 7.73. The third-order valence-electron chi connectivity index (χ3n) is 7.94. The topological polar surface area (TPSA) is 96.0 Å². The molecule has 2 N–H and O–H groups in total. The number of aromatic nitrogens is 1. The maximum absolute atomic E-state index is 11.9. The van der Waals surface area contributed by atoms with Gasteiger partial charge in [-0.15, -0.1) is 0 Å². The van der Waals surface area contributed by atoms with Gasteiger partial charge < -0.3 is 28.6 Å². The molecule has 258 valence electrons. The molecule has 5 aromatic rings. The van der Waals surface area contributed by atoms with E-state index in [9.17, 15) is 4.79 Å². The molecule has 1 aliphatic heterocycles. The predicted octanol–water partition coefficient (Wildman–Crippen LogP) is 9.56. The van der Waals surface area contributed by atoms with Crippen LogP contribution in [-0.4, -0.2) is 40.6 Å². The molecule has 0 unspecified atom stereocenters. The number of fused-ring (bicyclic) bond motifs is 3. The minimum Gasteiger partial charge on any atom is -0.486 e. The van der Waals surface area contributed by atoms with E-state index in [1.165, 1.54) is 22.4 Å². The number of anilines is 1. The van der Waals surface area contributed by atoms with Crippen LogP contribution in [0, 0.1) is 20.8 Å². The summed E-state index contributed by atoms with van der Waals surface area (Å²) in [4.78, 5) is 11.9. The quantitative estimate of drug-likeness (QED) is 0.122. The number of aliphatic hydroxyl groups excluding tert-OH is 1. The zero-order chi connectivity index (χ0) is 35.9. The van der Waals surface area contributed by atoms with Crippen LogP contribution < -0.4 is 9.04 Å². The molecule has 9 heteroatoms. The van der Waals surface area contributed by atoms with Crippen LogP contribution in [0.4, 0.5) is 5.69 Å². The Morgan fingerprint density at radius 1 is 0.939 bits per heavy atom. The van der Waals surface area contributed by atoms with Gasteiger partial charge in [0.1, 0.15) is 24.3 Å². The van der Waals surface area contributed by atoms with Crippen LogP contribution in [0.25, 0.3) is 33.5 Å². The van der Waals surface area contributed by atoms with E-state index in [-0.39, 0.29) is 6.61 Å². The van der Waals surface area contributed by atoms with Crippen LogP contribution in [0.1, 0.15) is 54.3 Å². The lowest BCUT2D eigenvalue weighted by molar-refractivity contribution is -0.107. The molecular weight excluding hydrogens is 656 g/mol. The Labute approximate surface area is 299 Å². The van der Waals surface area contributed by atoms with Crippen LogP contribution in [0.3, 0.4) is 0 Å². The van der Waals surface area contributed by atoms with Gasteiger partial charge >= 0.3 is 0 Å². The minimum absolute atomic E-state index is 0.258. The van der Waals surface area contributed by atoms with Crippen LogP contribution in [0.2, 0.25) is 5.02 Å². The number of carbonyl (C=O) groups is 1. The number of halogens is 1. The van der Waals surface area contributed by atoms with Crippen LogP contribution in [0.5, 0.6) is 5.75 Å². The van der Waals surface area contributed by atoms with Gasteiger partial charge in [-0.3, -0.25) is 0 Å². The summed E-state index contributed by atoms with van der Waals surface area (Å²) in [6.07, 6.45) is 3.49. The van der Waals surface area contributed by atoms with E-state index in [0.29, 0.717) is 17.2 Å². The van der Waals surface area contributed by atoms with Gasteiger partial charge in [0, 0.05) is 42.0 Å². The smallest absolute Gasteiger partial charge is 0.174 e. The third-order valence-corrected chi connectivity index (χ3v) is 8.94. The standard InChI is InChI=1S/C35H31ClN2O3S.C4H10O.CH4O/c1-21-5-7-25(8-6-21)33-23(3)34-31-17-28(40-20-29-18-32(37-41-29)24-9-12-27(36)13-10-24)14-11-26(31)19-38(42-4)35(34)22(2)30(33)15-16-39;1-4(2,3)5;1-2/h5-14,16-18H,15,19-20H2,1-4H3;5H,1-3H3;2H,1H3. The number of rotatable bonds is 8. The van der Waals surface area contributed by atoms with Crippen LogP contribution >= 0.6 is 23.5 Å². The molecule has 6 rings (SSSR count). The first kappa shape index (κ1) is 37.7. The molecule has 1 aliphatic rings. The Bertz CT molecular complexity index is 1870. The van der Waals surface area contributed by atoms with Gasteiger partial charge in [-0.25, -0.2) is 0 Å². The van der Waals surface area contributed by atoms with Gasteiger partial charge in [-0.05, 0) is 105 Å². The van der Waals surface area contributed by atoms with Crippen molar-refractivity contribution in [3.05, 3.63) is 111 Å². The fraction of sp³-hybridized carbons (Fsp3) is 0.300. The molecule has 0 bridgehead atoms. The van der Waals surface area contributed by atoms with Crippen molar-refractivity contribution in [3.63, 3.8) is 0 Å². The summed E-state index contributed by atoms with van der Waals surface area (Å²) in [5, 5.41) is 20.4. The number of benzene rings is 4. The second-order valence-electron chi connectivity index (χ2n) is 12.7. The average molecular weight is 701 g/mol. The number of aryl methyl sites for hydroxylation is 1. The second kappa shape index (κ2) is 16.5. The Kier molecular flexibility index (Phi) is 12.7. The van der Waals surface area contributed by atoms with E-state index in [2.05, 4.69) is 72.9 Å². The van der Waals surface area contributed by atoms with Gasteiger partial charge in [-0.1, -0.05) is 76.7 Å². The third kappa shape index (κ3) is 9.13. The molecule has 0 atom stereocenters. The molecule has 0 aliphatic carbocycles. The van der Waals surface area contributed by atoms with Crippen molar-refractivity contribution in [2.75, 3.05) is 17.7 Å². The summed E-state index contributed by atoms with van der Waals surface area (Å²) in [5.74, 6) is 1.39. The van der Waals surface area contributed by atoms with E-state index >= 15 is 0 Å². The van der Waals surface area contributed by atoms with Crippen LogP contribution in [-0.2, 0) is 24.4 Å². The normalized spacial score (nSPS) is 11.8. The summed E-state index contributed by atoms with van der Waals surface area (Å²) in [6, 6.07) is 24.3. The Hall–Kier alpha value is -4.08. The van der Waals surface area contributed by atoms with Crippen molar-refractivity contribution in [3.8, 4) is 39.3 Å². The van der Waals surface area contributed by atoms with Crippen molar-refractivity contribution in [2.45, 2.75) is 66.7 Å². The first-order valence-corrected chi connectivity index (χ1v) is 17.6. The van der Waals surface area contributed by atoms with Gasteiger partial charge in [0.15, 0.2) is 5.76 Å². The number of carbonyl (C=O) groups excluding carboxylic acids is 1. The van der Waals surface area contributed by atoms with E-state index in [1.54, 1.807) is 32.7 Å². The minimum atomic E-state index is -0.500. The van der Waals surface area contributed by atoms with E-state index < -0.39 is 5.60 Å². The molecule has 0 amide bonds. The lowest BCUT2D eigenvalue weighted by Crippen LogP contribution is -2.22. The summed E-state index contributed by atoms with van der Waals surface area (Å²) < 4.78 is 14.1. The largest absolute Gasteiger partial charge is 0.486 e. The number of aldehydes is 1. The summed E-state index contributed by atoms with van der Waals surface area (Å²) in [7, 11) is 1.00. The van der Waals surface area contributed by atoms with Gasteiger partial charge in [0.2, 0.25) is 0 Å². The number of aliphatic hydroxyl groups is 2. The molecule has 49 heavy (non-hydrogen) atoms. The first-order valence-electron chi connectivity index (χ1n) is 16.0. The highest BCUT2D eigenvalue weighted by Crippen LogP contribution is 2.50. The Morgan fingerprint density at radius 2 is 1.57 bits per heavy atom. The molecule has 0 radical (unpaired) electrons. The molecule has 1 aromatic heterocycles. The van der Waals surface area contributed by atoms with Gasteiger partial charge in [0.05, 0.1) is 17.8 Å². The molecule has 7 nitrogen and oxygen atoms in total. The molecule has 0 saturated heterocycles. The first-order chi connectivity index (χ1) is 23.4. The van der Waals surface area contributed by atoms with E-state index in [4.69, 9.17) is 31.1 Å². The van der Waals surface area contributed by atoms with Gasteiger partial charge in [0.25, 0.3) is 0 Å². The van der Waals surface area contributed by atoms with Crippen molar-refractivity contribution >= 4 is 35.5 Å². The van der Waals surface area contributed by atoms with Crippen molar-refractivity contribution in [1.29, 1.82) is 0 Å². The molecule has 0 spiro atoms. The Morgan fingerprint density at radius 3 is 2.18 bits per heavy atom. The molecule has 4 aromatic carbocycles. The zero-order valence-corrected chi connectivity index (χ0v) is 31.0. The fourth-order valence-corrected chi connectivity index (χ4v) is 6.64. The number of hydrogen-bond donors (Lipinski definition) is 2. The van der Waals surface area contributed by atoms with Crippen molar-refractivity contribution in [1.82, 2.24) is 5.16 Å². The molecule has 0 saturated carbocycles. The van der Waals surface area contributed by atoms with Crippen LogP contribution in [0.15, 0.2) is 77.3 Å². The molecular formula is C40H45ClN2O5S. The fourth-order valence-electron chi connectivity index (χ4n) is 5.84. The highest BCUT2D eigenvalue weighted by Gasteiger charge is 2.30. The highest BCUT2D eigenvalue weighted by atomic mass is 35.5. The van der Waals surface area contributed by atoms with Crippen molar-refractivity contribution in [2.24, 2.45) is 0 Å². The van der Waals surface area contributed by atoms with E-state index in [0.717, 1.165) is 70.3 Å². The SMILES string of the molecule is CC(C)(C)O.CO.CSN1Cc2ccc(OCc3cc(-c4ccc(Cl)cc4)no3)cc2-c2c(C)c(-c3ccc(C)cc3)c(CC=O)c(C)c21. The maximum Gasteiger partial charge on any atom is 0.174 e. The second-order valence-corrected chi connectivity index (χ2v) is 14.0. The monoisotopic (exact) mass is 700 g/mol. The molecule has 0 fully saturated rings. The predicted molar refractivity (Wildman–Crippen MR) is 202 cm³/mol. The number of ether oxygens (including phenoxy) is 1. The van der Waals surface area contributed by atoms with E-state index in [1.807, 2.05) is 36.4 Å². The summed E-state index contributed by atoms with van der Waals surface area (Å²) in [6.45, 7) is 12.7. The maximum atomic E-state index is 11.9. The summed E-state index contributed by atoms with van der Waals surface area (Å²) in [5.41, 5.74) is 12.8. The lowest BCUT2D eigenvalue weighted by atomic mass is 9.81. The number of nitrogens with zero attached hydrogens (tertiary/aromatic N) is 2. The average Bonchev–Trinajstić information content (AvgIpc) is 3.55. The number of hydrogen-bond acceptors (Lipinski definition) is 8. The molecule has 2 heterocycles. The van der Waals surface area contributed by atoms with Gasteiger partial charge in [-0.2, -0.15) is 0 Å². The Balaban J connectivity index is 0.000000710. The van der Waals surface area contributed by atoms with Crippen molar-refractivity contribution < 1.29 is 24.3 Å².